The molecular weight excluding hydrogens is 374 g/mol. The Balaban J connectivity index is 1.66. The quantitative estimate of drug-likeness (QED) is 0.731. The van der Waals surface area contributed by atoms with Crippen LogP contribution in [0.3, 0.4) is 0 Å². The van der Waals surface area contributed by atoms with Crippen molar-refractivity contribution in [2.24, 2.45) is 0 Å². The number of aryl methyl sites for hydroxylation is 2. The molecule has 1 aromatic heterocycles. The number of fused-ring (bicyclic) bond motifs is 1. The summed E-state index contributed by atoms with van der Waals surface area (Å²) in [6.07, 6.45) is 2.85. The van der Waals surface area contributed by atoms with Gasteiger partial charge in [-0.15, -0.1) is 0 Å². The first kappa shape index (κ1) is 18.4. The highest BCUT2D eigenvalue weighted by atomic mass is 35.5. The van der Waals surface area contributed by atoms with Crippen molar-refractivity contribution in [3.05, 3.63) is 92.4 Å². The molecule has 0 spiro atoms. The zero-order valence-corrected chi connectivity index (χ0v) is 16.2. The number of hydrogen-bond acceptors (Lipinski definition) is 3. The fourth-order valence-electron chi connectivity index (χ4n) is 3.68. The van der Waals surface area contributed by atoms with Gasteiger partial charge in [-0.25, -0.2) is 4.68 Å². The van der Waals surface area contributed by atoms with Crippen LogP contribution in [0.4, 0.5) is 0 Å². The van der Waals surface area contributed by atoms with Crippen molar-refractivity contribution in [1.82, 2.24) is 15.1 Å². The summed E-state index contributed by atoms with van der Waals surface area (Å²) < 4.78 is 1.58. The molecule has 1 aliphatic carbocycles. The van der Waals surface area contributed by atoms with Crippen LogP contribution in [0.1, 0.15) is 46.2 Å². The van der Waals surface area contributed by atoms with Gasteiger partial charge < -0.3 is 5.32 Å². The lowest BCUT2D eigenvalue weighted by Gasteiger charge is -2.26. The monoisotopic (exact) mass is 393 g/mol. The third-order valence-corrected chi connectivity index (χ3v) is 5.32. The number of carbonyl (C=O) groups is 1. The van der Waals surface area contributed by atoms with E-state index in [0.29, 0.717) is 10.7 Å². The molecule has 0 aliphatic heterocycles. The van der Waals surface area contributed by atoms with E-state index in [2.05, 4.69) is 16.5 Å². The minimum absolute atomic E-state index is 0.107. The Kier molecular flexibility index (Phi) is 5.01. The van der Waals surface area contributed by atoms with E-state index in [0.717, 1.165) is 30.5 Å². The van der Waals surface area contributed by atoms with Crippen LogP contribution < -0.4 is 10.7 Å². The van der Waals surface area contributed by atoms with Gasteiger partial charge in [0.2, 0.25) is 5.43 Å². The summed E-state index contributed by atoms with van der Waals surface area (Å²) in [5, 5.41) is 7.95. The Hall–Kier alpha value is -2.92. The Morgan fingerprint density at radius 3 is 2.71 bits per heavy atom. The minimum Gasteiger partial charge on any atom is -0.344 e. The van der Waals surface area contributed by atoms with E-state index in [1.165, 1.54) is 11.6 Å². The normalized spacial score (nSPS) is 15.7. The maximum atomic E-state index is 12.9. The van der Waals surface area contributed by atoms with E-state index in [-0.39, 0.29) is 17.2 Å². The van der Waals surface area contributed by atoms with Gasteiger partial charge in [0, 0.05) is 16.8 Å². The molecule has 0 saturated carbocycles. The predicted molar refractivity (Wildman–Crippen MR) is 109 cm³/mol. The molecule has 4 rings (SSSR count). The molecule has 1 atom stereocenters. The van der Waals surface area contributed by atoms with Gasteiger partial charge in [0.1, 0.15) is 0 Å². The first-order valence-corrected chi connectivity index (χ1v) is 9.66. The van der Waals surface area contributed by atoms with Gasteiger partial charge in [0.05, 0.1) is 11.7 Å². The van der Waals surface area contributed by atoms with E-state index >= 15 is 0 Å². The van der Waals surface area contributed by atoms with Gasteiger partial charge in [0.25, 0.3) is 5.91 Å². The van der Waals surface area contributed by atoms with E-state index in [4.69, 9.17) is 11.6 Å². The summed E-state index contributed by atoms with van der Waals surface area (Å²) >= 11 is 5.95. The number of halogens is 1. The molecule has 1 aliphatic rings. The molecular formula is C22H20ClN3O2. The van der Waals surface area contributed by atoms with E-state index in [1.807, 2.05) is 18.2 Å². The van der Waals surface area contributed by atoms with Gasteiger partial charge in [-0.1, -0.05) is 35.9 Å². The highest BCUT2D eigenvalue weighted by Crippen LogP contribution is 2.29. The van der Waals surface area contributed by atoms with E-state index in [1.54, 1.807) is 35.9 Å². The Morgan fingerprint density at radius 1 is 1.18 bits per heavy atom. The molecule has 1 N–H and O–H groups in total. The van der Waals surface area contributed by atoms with Crippen LogP contribution in [-0.4, -0.2) is 15.7 Å². The Bertz CT molecular complexity index is 1090. The molecule has 0 saturated heterocycles. The third-order valence-electron chi connectivity index (χ3n) is 5.07. The fourth-order valence-corrected chi connectivity index (χ4v) is 3.80. The van der Waals surface area contributed by atoms with Crippen molar-refractivity contribution < 1.29 is 4.79 Å². The topological polar surface area (TPSA) is 64.0 Å². The predicted octanol–water partition coefficient (Wildman–Crippen LogP) is 4.00. The summed E-state index contributed by atoms with van der Waals surface area (Å²) in [5.74, 6) is -0.450. The average molecular weight is 394 g/mol. The van der Waals surface area contributed by atoms with Crippen LogP contribution in [-0.2, 0) is 6.42 Å². The number of carbonyl (C=O) groups excluding carboxylic acids is 1. The summed E-state index contributed by atoms with van der Waals surface area (Å²) in [6.45, 7) is 1.78. The standard InChI is InChI=1S/C22H20ClN3O2/c1-14-13-20(27)21(25-26(14)17-11-9-16(23)10-12-17)22(28)24-19-8-4-6-15-5-2-3-7-18(15)19/h2-3,5,7,9-13,19H,4,6,8H2,1H3,(H,24,28)/t19-/m0/s1. The molecule has 0 bridgehead atoms. The van der Waals surface area contributed by atoms with Gasteiger partial charge in [-0.3, -0.25) is 9.59 Å². The molecule has 142 valence electrons. The van der Waals surface area contributed by atoms with Crippen molar-refractivity contribution in [1.29, 1.82) is 0 Å². The van der Waals surface area contributed by atoms with Crippen LogP contribution >= 0.6 is 11.6 Å². The lowest BCUT2D eigenvalue weighted by Crippen LogP contribution is -2.35. The number of nitrogens with one attached hydrogen (secondary N) is 1. The second-order valence-corrected chi connectivity index (χ2v) is 7.44. The molecule has 1 heterocycles. The van der Waals surface area contributed by atoms with Gasteiger partial charge >= 0.3 is 0 Å². The summed E-state index contributed by atoms with van der Waals surface area (Å²) in [4.78, 5) is 25.3. The van der Waals surface area contributed by atoms with E-state index < -0.39 is 5.91 Å². The van der Waals surface area contributed by atoms with Crippen LogP contribution in [0.2, 0.25) is 5.02 Å². The average Bonchev–Trinajstić information content (AvgIpc) is 2.69. The minimum atomic E-state index is -0.450. The molecule has 1 amide bonds. The number of aromatic nitrogens is 2. The van der Waals surface area contributed by atoms with Gasteiger partial charge in [-0.2, -0.15) is 5.10 Å². The maximum absolute atomic E-state index is 12.9. The van der Waals surface area contributed by atoms with Crippen LogP contribution in [0.25, 0.3) is 5.69 Å². The smallest absolute Gasteiger partial charge is 0.276 e. The molecule has 6 heteroatoms. The molecule has 3 aromatic rings. The highest BCUT2D eigenvalue weighted by Gasteiger charge is 2.24. The van der Waals surface area contributed by atoms with Gasteiger partial charge in [-0.05, 0) is 61.6 Å². The maximum Gasteiger partial charge on any atom is 0.276 e. The first-order valence-electron chi connectivity index (χ1n) is 9.28. The SMILES string of the molecule is Cc1cc(=O)c(C(=O)N[C@H]2CCCc3ccccc32)nn1-c1ccc(Cl)cc1. The van der Waals surface area contributed by atoms with Crippen LogP contribution in [0.15, 0.2) is 59.4 Å². The molecule has 0 radical (unpaired) electrons. The van der Waals surface area contributed by atoms with E-state index in [9.17, 15) is 9.59 Å². The number of amides is 1. The number of nitrogens with zero attached hydrogens (tertiary/aromatic N) is 2. The first-order chi connectivity index (χ1) is 13.5. The zero-order valence-electron chi connectivity index (χ0n) is 15.5. The Morgan fingerprint density at radius 2 is 1.93 bits per heavy atom. The van der Waals surface area contributed by atoms with Crippen molar-refractivity contribution in [2.45, 2.75) is 32.2 Å². The highest BCUT2D eigenvalue weighted by molar-refractivity contribution is 6.30. The Labute approximate surface area is 168 Å². The molecule has 0 unspecified atom stereocenters. The number of benzene rings is 2. The molecule has 0 fully saturated rings. The van der Waals surface area contributed by atoms with Gasteiger partial charge in [0.15, 0.2) is 5.69 Å². The fraction of sp³-hybridized carbons (Fsp3) is 0.227. The molecule has 5 nitrogen and oxygen atoms in total. The lowest BCUT2D eigenvalue weighted by molar-refractivity contribution is 0.0924. The van der Waals surface area contributed by atoms with Crippen molar-refractivity contribution >= 4 is 17.5 Å². The summed E-state index contributed by atoms with van der Waals surface area (Å²) in [5.41, 5.74) is 3.25. The lowest BCUT2D eigenvalue weighted by atomic mass is 9.87. The zero-order chi connectivity index (χ0) is 19.7. The third kappa shape index (κ3) is 3.58. The van der Waals surface area contributed by atoms with Crippen molar-refractivity contribution in [2.75, 3.05) is 0 Å². The summed E-state index contributed by atoms with van der Waals surface area (Å²) in [6, 6.07) is 16.5. The van der Waals surface area contributed by atoms with Crippen LogP contribution in [0, 0.1) is 6.92 Å². The molecule has 2 aromatic carbocycles. The number of hydrogen-bond donors (Lipinski definition) is 1. The largest absolute Gasteiger partial charge is 0.344 e. The summed E-state index contributed by atoms with van der Waals surface area (Å²) in [7, 11) is 0. The molecule has 28 heavy (non-hydrogen) atoms. The number of rotatable bonds is 3. The second kappa shape index (κ2) is 7.60. The van der Waals surface area contributed by atoms with Crippen molar-refractivity contribution in [3.8, 4) is 5.69 Å². The second-order valence-electron chi connectivity index (χ2n) is 7.00. The van der Waals surface area contributed by atoms with Crippen molar-refractivity contribution in [3.63, 3.8) is 0 Å². The van der Waals surface area contributed by atoms with Crippen LogP contribution in [0.5, 0.6) is 0 Å².